The summed E-state index contributed by atoms with van der Waals surface area (Å²) in [5.41, 5.74) is 0. The minimum atomic E-state index is -0.506. The number of hydrogen-bond acceptors (Lipinski definition) is 3. The summed E-state index contributed by atoms with van der Waals surface area (Å²) >= 11 is 0. The van der Waals surface area contributed by atoms with Crippen LogP contribution in [0.5, 0.6) is 0 Å². The van der Waals surface area contributed by atoms with Gasteiger partial charge < -0.3 is 14.2 Å². The van der Waals surface area contributed by atoms with Gasteiger partial charge in [-0.1, -0.05) is 76.9 Å². The van der Waals surface area contributed by atoms with Crippen LogP contribution in [0.4, 0.5) is 0 Å². The highest BCUT2D eigenvalue weighted by molar-refractivity contribution is 4.81. The number of hydrogen-bond donors (Lipinski definition) is 0. The molecule has 0 radical (unpaired) electrons. The Balaban J connectivity index is 3.13. The maximum atomic E-state index is 5.41. The van der Waals surface area contributed by atoms with E-state index in [0.29, 0.717) is 6.61 Å². The molecule has 0 saturated heterocycles. The summed E-state index contributed by atoms with van der Waals surface area (Å²) < 4.78 is 15.4. The van der Waals surface area contributed by atoms with Gasteiger partial charge in [-0.25, -0.2) is 0 Å². The lowest BCUT2D eigenvalue weighted by Gasteiger charge is -2.13. The van der Waals surface area contributed by atoms with E-state index in [2.05, 4.69) is 19.1 Å². The monoisotopic (exact) mass is 342 g/mol. The molecule has 0 aromatic heterocycles. The summed E-state index contributed by atoms with van der Waals surface area (Å²) in [5, 5.41) is 0. The lowest BCUT2D eigenvalue weighted by Crippen LogP contribution is -2.17. The van der Waals surface area contributed by atoms with Crippen LogP contribution in [0.3, 0.4) is 0 Å². The zero-order valence-corrected chi connectivity index (χ0v) is 16.6. The van der Waals surface area contributed by atoms with Crippen molar-refractivity contribution in [3.8, 4) is 0 Å². The fourth-order valence-corrected chi connectivity index (χ4v) is 2.76. The smallest absolute Gasteiger partial charge is 0.271 e. The number of allylic oxidation sites excluding steroid dienone is 2. The van der Waals surface area contributed by atoms with Crippen molar-refractivity contribution in [2.45, 2.75) is 103 Å². The third-order valence-corrected chi connectivity index (χ3v) is 4.29. The van der Waals surface area contributed by atoms with Gasteiger partial charge in [0.1, 0.15) is 0 Å². The highest BCUT2D eigenvalue weighted by Gasteiger charge is 2.03. The molecule has 0 spiro atoms. The van der Waals surface area contributed by atoms with E-state index in [-0.39, 0.29) is 0 Å². The quantitative estimate of drug-likeness (QED) is 0.150. The Morgan fingerprint density at radius 2 is 1.08 bits per heavy atom. The van der Waals surface area contributed by atoms with E-state index in [1.807, 2.05) is 0 Å². The van der Waals surface area contributed by atoms with E-state index >= 15 is 0 Å². The molecule has 0 N–H and O–H groups in total. The molecule has 3 heteroatoms. The van der Waals surface area contributed by atoms with Crippen LogP contribution in [0.25, 0.3) is 0 Å². The van der Waals surface area contributed by atoms with Gasteiger partial charge in [0.25, 0.3) is 6.48 Å². The zero-order chi connectivity index (χ0) is 17.7. The van der Waals surface area contributed by atoms with Gasteiger partial charge in [0.2, 0.25) is 0 Å². The highest BCUT2D eigenvalue weighted by Crippen LogP contribution is 2.10. The van der Waals surface area contributed by atoms with Gasteiger partial charge in [-0.15, -0.1) is 0 Å². The summed E-state index contributed by atoms with van der Waals surface area (Å²) in [6, 6.07) is 0. The fraction of sp³-hybridized carbons (Fsp3) is 0.905. The van der Waals surface area contributed by atoms with Crippen LogP contribution in [-0.4, -0.2) is 27.3 Å². The Kier molecular flexibility index (Phi) is 20.3. The first kappa shape index (κ1) is 23.6. The molecule has 0 aliphatic heterocycles. The van der Waals surface area contributed by atoms with Crippen molar-refractivity contribution in [2.24, 2.45) is 0 Å². The van der Waals surface area contributed by atoms with Gasteiger partial charge in [-0.05, 0) is 32.1 Å². The predicted octanol–water partition coefficient (Wildman–Crippen LogP) is 6.62. The van der Waals surface area contributed by atoms with E-state index in [1.165, 1.54) is 83.5 Å². The standard InChI is InChI=1S/C21H42O3/c1-4-5-6-7-8-9-10-11-12-13-14-15-16-17-18-19-20-24-21(22-2)23-3/h11-12,21H,4-10,13-20H2,1-3H3/b12-11-. The average Bonchev–Trinajstić information content (AvgIpc) is 2.61. The molecule has 24 heavy (non-hydrogen) atoms. The van der Waals surface area contributed by atoms with Crippen LogP contribution in [0.2, 0.25) is 0 Å². The van der Waals surface area contributed by atoms with Crippen molar-refractivity contribution in [3.63, 3.8) is 0 Å². The number of ether oxygens (including phenoxy) is 3. The molecule has 0 bridgehead atoms. The highest BCUT2D eigenvalue weighted by atomic mass is 16.8. The van der Waals surface area contributed by atoms with Gasteiger partial charge in [0, 0.05) is 14.2 Å². The molecule has 0 heterocycles. The van der Waals surface area contributed by atoms with Crippen molar-refractivity contribution < 1.29 is 14.2 Å². The Morgan fingerprint density at radius 3 is 1.58 bits per heavy atom. The van der Waals surface area contributed by atoms with E-state index in [4.69, 9.17) is 14.2 Å². The first-order valence-electron chi connectivity index (χ1n) is 10.2. The number of methoxy groups -OCH3 is 2. The molecule has 3 nitrogen and oxygen atoms in total. The normalized spacial score (nSPS) is 11.8. The van der Waals surface area contributed by atoms with Crippen LogP contribution in [0, 0.1) is 0 Å². The lowest BCUT2D eigenvalue weighted by molar-refractivity contribution is -0.265. The molecule has 0 saturated carbocycles. The molecule has 0 aliphatic carbocycles. The van der Waals surface area contributed by atoms with Crippen molar-refractivity contribution in [1.29, 1.82) is 0 Å². The van der Waals surface area contributed by atoms with Crippen molar-refractivity contribution in [3.05, 3.63) is 12.2 Å². The van der Waals surface area contributed by atoms with Crippen LogP contribution in [0.1, 0.15) is 96.8 Å². The average molecular weight is 343 g/mol. The zero-order valence-electron chi connectivity index (χ0n) is 16.6. The number of unbranched alkanes of at least 4 members (excludes halogenated alkanes) is 12. The minimum Gasteiger partial charge on any atom is -0.333 e. The maximum Gasteiger partial charge on any atom is 0.271 e. The van der Waals surface area contributed by atoms with Gasteiger partial charge in [0.15, 0.2) is 0 Å². The second kappa shape index (κ2) is 20.7. The van der Waals surface area contributed by atoms with Gasteiger partial charge in [0.05, 0.1) is 6.61 Å². The van der Waals surface area contributed by atoms with E-state index in [1.54, 1.807) is 14.2 Å². The Morgan fingerprint density at radius 1 is 0.625 bits per heavy atom. The lowest BCUT2D eigenvalue weighted by atomic mass is 10.1. The summed E-state index contributed by atoms with van der Waals surface area (Å²) in [6.07, 6.45) is 23.3. The van der Waals surface area contributed by atoms with E-state index in [0.717, 1.165) is 6.42 Å². The third-order valence-electron chi connectivity index (χ3n) is 4.29. The molecule has 0 aromatic carbocycles. The second-order valence-corrected chi connectivity index (χ2v) is 6.57. The predicted molar refractivity (Wildman–Crippen MR) is 103 cm³/mol. The SMILES string of the molecule is CCCCCCCC/C=C\CCCCCCCCOC(OC)OC. The van der Waals surface area contributed by atoms with Crippen LogP contribution in [0.15, 0.2) is 12.2 Å². The van der Waals surface area contributed by atoms with E-state index in [9.17, 15) is 0 Å². The minimum absolute atomic E-state index is 0.506. The molecule has 0 amide bonds. The molecule has 0 unspecified atom stereocenters. The molecular weight excluding hydrogens is 300 g/mol. The Hall–Kier alpha value is -0.380. The van der Waals surface area contributed by atoms with Gasteiger partial charge >= 0.3 is 0 Å². The Bertz CT molecular complexity index is 249. The van der Waals surface area contributed by atoms with Crippen molar-refractivity contribution in [1.82, 2.24) is 0 Å². The molecule has 0 atom stereocenters. The number of rotatable bonds is 19. The van der Waals surface area contributed by atoms with Crippen LogP contribution >= 0.6 is 0 Å². The Labute approximate surface area is 151 Å². The van der Waals surface area contributed by atoms with Gasteiger partial charge in [-0.2, -0.15) is 0 Å². The van der Waals surface area contributed by atoms with Crippen molar-refractivity contribution in [2.75, 3.05) is 20.8 Å². The molecule has 144 valence electrons. The topological polar surface area (TPSA) is 27.7 Å². The molecule has 0 rings (SSSR count). The van der Waals surface area contributed by atoms with E-state index < -0.39 is 6.48 Å². The summed E-state index contributed by atoms with van der Waals surface area (Å²) in [7, 11) is 3.19. The fourth-order valence-electron chi connectivity index (χ4n) is 2.76. The summed E-state index contributed by atoms with van der Waals surface area (Å²) in [4.78, 5) is 0. The first-order chi connectivity index (χ1) is 11.8. The van der Waals surface area contributed by atoms with Gasteiger partial charge in [-0.3, -0.25) is 0 Å². The maximum absolute atomic E-state index is 5.41. The molecular formula is C21H42O3. The summed E-state index contributed by atoms with van der Waals surface area (Å²) in [5.74, 6) is 0. The molecule has 0 aliphatic rings. The molecule has 0 aromatic rings. The molecule has 0 fully saturated rings. The third kappa shape index (κ3) is 18.0. The van der Waals surface area contributed by atoms with Crippen molar-refractivity contribution >= 4 is 0 Å². The summed E-state index contributed by atoms with van der Waals surface area (Å²) in [6.45, 7) is 2.48. The largest absolute Gasteiger partial charge is 0.333 e. The first-order valence-corrected chi connectivity index (χ1v) is 10.2. The second-order valence-electron chi connectivity index (χ2n) is 6.57. The van der Waals surface area contributed by atoms with Crippen LogP contribution < -0.4 is 0 Å². The van der Waals surface area contributed by atoms with Crippen LogP contribution in [-0.2, 0) is 14.2 Å².